The Morgan fingerprint density at radius 3 is 1.31 bits per heavy atom. The van der Waals surface area contributed by atoms with Gasteiger partial charge in [-0.3, -0.25) is 0 Å². The lowest BCUT2D eigenvalue weighted by Gasteiger charge is -2.32. The van der Waals surface area contributed by atoms with Crippen LogP contribution in [0.1, 0.15) is 22.3 Å². The number of nitrogens with zero attached hydrogens (tertiary/aromatic N) is 1. The first-order chi connectivity index (χ1) is 30.8. The highest BCUT2D eigenvalue weighted by Gasteiger charge is 2.52. The molecule has 1 spiro atoms. The topological polar surface area (TPSA) is 3.24 Å². The molecule has 0 amide bonds. The van der Waals surface area contributed by atoms with Crippen LogP contribution in [0.4, 0.5) is 17.1 Å². The summed E-state index contributed by atoms with van der Waals surface area (Å²) >= 11 is 0. The van der Waals surface area contributed by atoms with E-state index in [0.29, 0.717) is 0 Å². The minimum Gasteiger partial charge on any atom is -0.310 e. The summed E-state index contributed by atoms with van der Waals surface area (Å²) in [5.41, 5.74) is 18.1. The van der Waals surface area contributed by atoms with Crippen LogP contribution < -0.4 is 4.90 Å². The van der Waals surface area contributed by atoms with Gasteiger partial charge in [0.15, 0.2) is 0 Å². The number of rotatable bonds is 5. The fraction of sp³-hybridized carbons (Fsp3) is 0.0164. The van der Waals surface area contributed by atoms with Gasteiger partial charge in [0.2, 0.25) is 0 Å². The highest BCUT2D eigenvalue weighted by atomic mass is 15.1. The molecular formula is C61H39N. The number of anilines is 3. The van der Waals surface area contributed by atoms with E-state index >= 15 is 0 Å². The molecule has 62 heavy (non-hydrogen) atoms. The molecule has 1 unspecified atom stereocenters. The average Bonchev–Trinajstić information content (AvgIpc) is 3.81. The lowest BCUT2D eigenvalue weighted by atomic mass is 9.70. The molecule has 2 aliphatic carbocycles. The van der Waals surface area contributed by atoms with Crippen LogP contribution in [0.3, 0.4) is 0 Å². The van der Waals surface area contributed by atoms with Crippen LogP contribution in [-0.2, 0) is 5.41 Å². The second kappa shape index (κ2) is 13.5. The van der Waals surface area contributed by atoms with Crippen LogP contribution in [0.25, 0.3) is 76.8 Å². The van der Waals surface area contributed by atoms with Gasteiger partial charge in [-0.2, -0.15) is 0 Å². The van der Waals surface area contributed by atoms with E-state index in [1.165, 1.54) is 99.1 Å². The average molecular weight is 786 g/mol. The highest BCUT2D eigenvalue weighted by Crippen LogP contribution is 2.64. The van der Waals surface area contributed by atoms with Crippen LogP contribution in [0.2, 0.25) is 0 Å². The molecule has 1 atom stereocenters. The zero-order valence-corrected chi connectivity index (χ0v) is 34.0. The summed E-state index contributed by atoms with van der Waals surface area (Å²) in [6.45, 7) is 0. The van der Waals surface area contributed by atoms with Crippen molar-refractivity contribution in [2.24, 2.45) is 0 Å². The van der Waals surface area contributed by atoms with Crippen LogP contribution in [-0.4, -0.2) is 0 Å². The van der Waals surface area contributed by atoms with Crippen molar-refractivity contribution >= 4 is 49.4 Å². The quantitative estimate of drug-likeness (QED) is 0.157. The normalized spacial score (nSPS) is 14.5. The van der Waals surface area contributed by atoms with Crippen molar-refractivity contribution < 1.29 is 0 Å². The predicted octanol–water partition coefficient (Wildman–Crippen LogP) is 16.3. The molecule has 0 fully saturated rings. The molecule has 0 saturated heterocycles. The van der Waals surface area contributed by atoms with Gasteiger partial charge in [-0.25, -0.2) is 0 Å². The fourth-order valence-corrected chi connectivity index (χ4v) is 11.0. The van der Waals surface area contributed by atoms with Gasteiger partial charge in [0, 0.05) is 17.1 Å². The molecule has 2 aliphatic rings. The summed E-state index contributed by atoms with van der Waals surface area (Å²) in [5, 5.41) is 7.77. The summed E-state index contributed by atoms with van der Waals surface area (Å²) in [6.07, 6.45) is 0. The van der Waals surface area contributed by atoms with Crippen molar-refractivity contribution in [2.75, 3.05) is 4.90 Å². The first kappa shape index (κ1) is 34.8. The maximum atomic E-state index is 2.56. The zero-order chi connectivity index (χ0) is 40.8. The summed E-state index contributed by atoms with van der Waals surface area (Å²) in [6, 6.07) is 87.9. The first-order valence-corrected chi connectivity index (χ1v) is 21.6. The Balaban J connectivity index is 1.08. The van der Waals surface area contributed by atoms with E-state index in [2.05, 4.69) is 241 Å². The van der Waals surface area contributed by atoms with Crippen molar-refractivity contribution in [3.8, 4) is 44.5 Å². The van der Waals surface area contributed by atoms with Gasteiger partial charge < -0.3 is 4.90 Å². The second-order valence-electron chi connectivity index (χ2n) is 16.8. The van der Waals surface area contributed by atoms with Gasteiger partial charge in [-0.1, -0.05) is 188 Å². The predicted molar refractivity (Wildman–Crippen MR) is 261 cm³/mol. The first-order valence-electron chi connectivity index (χ1n) is 21.6. The third-order valence-electron chi connectivity index (χ3n) is 13.6. The molecule has 11 aromatic carbocycles. The summed E-state index contributed by atoms with van der Waals surface area (Å²) in [5.74, 6) is 0. The Labute approximate surface area is 361 Å². The Morgan fingerprint density at radius 1 is 0.226 bits per heavy atom. The lowest BCUT2D eigenvalue weighted by molar-refractivity contribution is 0.795. The van der Waals surface area contributed by atoms with Gasteiger partial charge >= 0.3 is 0 Å². The van der Waals surface area contributed by atoms with Gasteiger partial charge in [-0.15, -0.1) is 0 Å². The molecule has 0 aromatic heterocycles. The number of benzene rings is 11. The smallest absolute Gasteiger partial charge is 0.0726 e. The standard InChI is InChI=1S/C61H39N/c1-3-16-40(17-4-1)42-30-32-44(33-31-42)62(45-21-15-20-43(36-45)41-18-5-2-6-19-41)46-34-35-53-51-26-11-13-28-57(51)61(59(53)37-46)58-29-14-12-27-52(58)56-38-54-49-24-9-7-22-47(49)48-23-8-10-25-50(48)55(54)39-60(56)61/h1-39H. The third kappa shape index (κ3) is 4.97. The molecule has 0 aliphatic heterocycles. The maximum Gasteiger partial charge on any atom is 0.0726 e. The van der Waals surface area contributed by atoms with Crippen molar-refractivity contribution in [3.05, 3.63) is 259 Å². The summed E-state index contributed by atoms with van der Waals surface area (Å²) in [7, 11) is 0. The Morgan fingerprint density at radius 2 is 0.661 bits per heavy atom. The molecule has 0 N–H and O–H groups in total. The zero-order valence-electron chi connectivity index (χ0n) is 34.0. The highest BCUT2D eigenvalue weighted by molar-refractivity contribution is 6.26. The Kier molecular flexibility index (Phi) is 7.59. The fourth-order valence-electron chi connectivity index (χ4n) is 11.0. The molecule has 11 aromatic rings. The number of hydrogen-bond acceptors (Lipinski definition) is 1. The minimum absolute atomic E-state index is 0.524. The number of hydrogen-bond donors (Lipinski definition) is 0. The largest absolute Gasteiger partial charge is 0.310 e. The van der Waals surface area contributed by atoms with E-state index in [-0.39, 0.29) is 0 Å². The molecule has 0 bridgehead atoms. The van der Waals surface area contributed by atoms with Gasteiger partial charge in [0.25, 0.3) is 0 Å². The van der Waals surface area contributed by atoms with Gasteiger partial charge in [-0.05, 0) is 148 Å². The van der Waals surface area contributed by atoms with Crippen LogP contribution in [0.5, 0.6) is 0 Å². The lowest BCUT2D eigenvalue weighted by Crippen LogP contribution is -2.26. The van der Waals surface area contributed by atoms with E-state index in [9.17, 15) is 0 Å². The second-order valence-corrected chi connectivity index (χ2v) is 16.8. The molecule has 288 valence electrons. The Hall–Kier alpha value is -8.00. The van der Waals surface area contributed by atoms with E-state index in [4.69, 9.17) is 0 Å². The van der Waals surface area contributed by atoms with E-state index < -0.39 is 5.41 Å². The van der Waals surface area contributed by atoms with Crippen LogP contribution >= 0.6 is 0 Å². The molecule has 1 heteroatoms. The van der Waals surface area contributed by atoms with Crippen molar-refractivity contribution in [1.82, 2.24) is 0 Å². The minimum atomic E-state index is -0.524. The van der Waals surface area contributed by atoms with E-state index in [0.717, 1.165) is 17.1 Å². The molecule has 0 heterocycles. The van der Waals surface area contributed by atoms with Gasteiger partial charge in [0.05, 0.1) is 5.41 Å². The maximum absolute atomic E-state index is 2.56. The third-order valence-corrected chi connectivity index (χ3v) is 13.6. The summed E-state index contributed by atoms with van der Waals surface area (Å²) < 4.78 is 0. The van der Waals surface area contributed by atoms with Crippen molar-refractivity contribution in [1.29, 1.82) is 0 Å². The Bertz CT molecular complexity index is 3570. The van der Waals surface area contributed by atoms with Gasteiger partial charge in [0.1, 0.15) is 0 Å². The van der Waals surface area contributed by atoms with Crippen molar-refractivity contribution in [3.63, 3.8) is 0 Å². The van der Waals surface area contributed by atoms with E-state index in [1.807, 2.05) is 0 Å². The molecule has 0 saturated carbocycles. The molecule has 13 rings (SSSR count). The van der Waals surface area contributed by atoms with Crippen LogP contribution in [0, 0.1) is 0 Å². The van der Waals surface area contributed by atoms with Crippen LogP contribution in [0.15, 0.2) is 237 Å². The monoisotopic (exact) mass is 785 g/mol. The van der Waals surface area contributed by atoms with E-state index in [1.54, 1.807) is 0 Å². The molecular weight excluding hydrogens is 747 g/mol. The number of fused-ring (bicyclic) bond motifs is 16. The molecule has 1 nitrogen and oxygen atoms in total. The van der Waals surface area contributed by atoms with Crippen molar-refractivity contribution in [2.45, 2.75) is 5.41 Å². The SMILES string of the molecule is c1ccc(-c2ccc(N(c3cccc(-c4ccccc4)c3)c3ccc4c(c3)C3(c5ccccc5-4)c4ccccc4-c4cc5c6ccccc6c6ccccc6c5cc43)cc2)cc1. The molecule has 0 radical (unpaired) electrons. The summed E-state index contributed by atoms with van der Waals surface area (Å²) in [4.78, 5) is 2.44.